The zero-order chi connectivity index (χ0) is 11.8. The van der Waals surface area contributed by atoms with Gasteiger partial charge in [0.2, 0.25) is 0 Å². The fourth-order valence-corrected chi connectivity index (χ4v) is 2.31. The number of hydrogen-bond acceptors (Lipinski definition) is 3. The summed E-state index contributed by atoms with van der Waals surface area (Å²) in [5.41, 5.74) is 10.3. The van der Waals surface area contributed by atoms with Crippen LogP contribution in [0.25, 0.3) is 5.69 Å². The van der Waals surface area contributed by atoms with Gasteiger partial charge in [-0.2, -0.15) is 5.10 Å². The standard InChI is InChI=1S/C13H16N4/c1-16-6-5-10-8-15-17(13(10)9-16)12-4-2-3-11(14)7-12/h2-4,7-8H,5-6,9,14H2,1H3. The van der Waals surface area contributed by atoms with E-state index < -0.39 is 0 Å². The quantitative estimate of drug-likeness (QED) is 0.751. The smallest absolute Gasteiger partial charge is 0.0669 e. The number of likely N-dealkylation sites (N-methyl/N-ethyl adjacent to an activating group) is 1. The van der Waals surface area contributed by atoms with Gasteiger partial charge in [0, 0.05) is 18.8 Å². The third-order valence-corrected chi connectivity index (χ3v) is 3.25. The maximum atomic E-state index is 5.82. The SMILES string of the molecule is CN1CCc2cnn(-c3cccc(N)c3)c2C1. The second kappa shape index (κ2) is 3.89. The summed E-state index contributed by atoms with van der Waals surface area (Å²) in [4.78, 5) is 2.31. The van der Waals surface area contributed by atoms with Crippen LogP contribution in [-0.4, -0.2) is 28.3 Å². The van der Waals surface area contributed by atoms with Crippen LogP contribution >= 0.6 is 0 Å². The second-order valence-electron chi connectivity index (χ2n) is 4.61. The molecule has 1 aromatic carbocycles. The first-order valence-electron chi connectivity index (χ1n) is 5.84. The van der Waals surface area contributed by atoms with Crippen molar-refractivity contribution in [3.05, 3.63) is 41.7 Å². The molecule has 2 heterocycles. The number of benzene rings is 1. The number of fused-ring (bicyclic) bond motifs is 1. The molecule has 88 valence electrons. The van der Waals surface area contributed by atoms with Crippen LogP contribution in [0, 0.1) is 0 Å². The highest BCUT2D eigenvalue weighted by molar-refractivity contribution is 5.48. The molecule has 0 fully saturated rings. The van der Waals surface area contributed by atoms with E-state index in [9.17, 15) is 0 Å². The third kappa shape index (κ3) is 1.80. The highest BCUT2D eigenvalue weighted by Gasteiger charge is 2.18. The van der Waals surface area contributed by atoms with Crippen LogP contribution in [0.15, 0.2) is 30.5 Å². The molecule has 3 rings (SSSR count). The lowest BCUT2D eigenvalue weighted by Gasteiger charge is -2.23. The number of rotatable bonds is 1. The summed E-state index contributed by atoms with van der Waals surface area (Å²) in [6.45, 7) is 2.06. The van der Waals surface area contributed by atoms with Gasteiger partial charge in [0.1, 0.15) is 0 Å². The van der Waals surface area contributed by atoms with Crippen LogP contribution in [0.1, 0.15) is 11.3 Å². The van der Waals surface area contributed by atoms with Gasteiger partial charge in [-0.3, -0.25) is 0 Å². The molecule has 2 N–H and O–H groups in total. The molecule has 0 unspecified atom stereocenters. The average Bonchev–Trinajstić information content (AvgIpc) is 2.71. The van der Waals surface area contributed by atoms with Gasteiger partial charge in [0.15, 0.2) is 0 Å². The van der Waals surface area contributed by atoms with E-state index in [1.807, 2.05) is 35.1 Å². The minimum absolute atomic E-state index is 0.774. The van der Waals surface area contributed by atoms with E-state index >= 15 is 0 Å². The van der Waals surface area contributed by atoms with Crippen LogP contribution in [-0.2, 0) is 13.0 Å². The van der Waals surface area contributed by atoms with E-state index in [0.717, 1.165) is 30.9 Å². The topological polar surface area (TPSA) is 47.1 Å². The number of nitrogen functional groups attached to an aromatic ring is 1. The lowest BCUT2D eigenvalue weighted by Crippen LogP contribution is -2.27. The molecule has 0 saturated heterocycles. The van der Waals surface area contributed by atoms with Gasteiger partial charge in [-0.1, -0.05) is 6.07 Å². The van der Waals surface area contributed by atoms with Gasteiger partial charge in [-0.25, -0.2) is 4.68 Å². The van der Waals surface area contributed by atoms with Crippen LogP contribution in [0.5, 0.6) is 0 Å². The van der Waals surface area contributed by atoms with Crippen LogP contribution in [0.2, 0.25) is 0 Å². The average molecular weight is 228 g/mol. The first-order valence-corrected chi connectivity index (χ1v) is 5.84. The molecule has 0 spiro atoms. The summed E-state index contributed by atoms with van der Waals surface area (Å²) < 4.78 is 2.00. The summed E-state index contributed by atoms with van der Waals surface area (Å²) >= 11 is 0. The van der Waals surface area contributed by atoms with Crippen molar-refractivity contribution in [2.75, 3.05) is 19.3 Å². The number of aromatic nitrogens is 2. The van der Waals surface area contributed by atoms with Gasteiger partial charge in [0.05, 0.1) is 17.6 Å². The lowest BCUT2D eigenvalue weighted by atomic mass is 10.1. The maximum Gasteiger partial charge on any atom is 0.0669 e. The Morgan fingerprint density at radius 2 is 2.24 bits per heavy atom. The molecule has 1 aromatic heterocycles. The molecule has 4 nitrogen and oxygen atoms in total. The number of hydrogen-bond donors (Lipinski definition) is 1. The zero-order valence-corrected chi connectivity index (χ0v) is 9.93. The molecule has 1 aliphatic heterocycles. The van der Waals surface area contributed by atoms with Crippen molar-refractivity contribution >= 4 is 5.69 Å². The molecular weight excluding hydrogens is 212 g/mol. The van der Waals surface area contributed by atoms with Gasteiger partial charge in [-0.15, -0.1) is 0 Å². The fourth-order valence-electron chi connectivity index (χ4n) is 2.31. The minimum atomic E-state index is 0.774. The van der Waals surface area contributed by atoms with Crippen molar-refractivity contribution in [3.63, 3.8) is 0 Å². The molecule has 0 atom stereocenters. The Hall–Kier alpha value is -1.81. The summed E-state index contributed by atoms with van der Waals surface area (Å²) in [6, 6.07) is 7.86. The molecule has 0 aliphatic carbocycles. The monoisotopic (exact) mass is 228 g/mol. The minimum Gasteiger partial charge on any atom is -0.399 e. The van der Waals surface area contributed by atoms with Crippen LogP contribution < -0.4 is 5.73 Å². The van der Waals surface area contributed by atoms with Gasteiger partial charge >= 0.3 is 0 Å². The normalized spacial score (nSPS) is 15.8. The van der Waals surface area contributed by atoms with Crippen molar-refractivity contribution in [2.45, 2.75) is 13.0 Å². The molecular formula is C13H16N4. The van der Waals surface area contributed by atoms with Gasteiger partial charge in [-0.05, 0) is 37.2 Å². The molecule has 0 amide bonds. The first kappa shape index (κ1) is 10.4. The molecule has 0 bridgehead atoms. The lowest BCUT2D eigenvalue weighted by molar-refractivity contribution is 0.305. The Morgan fingerprint density at radius 1 is 1.35 bits per heavy atom. The Balaban J connectivity index is 2.07. The Morgan fingerprint density at radius 3 is 3.06 bits per heavy atom. The number of anilines is 1. The highest BCUT2D eigenvalue weighted by atomic mass is 15.3. The highest BCUT2D eigenvalue weighted by Crippen LogP contribution is 2.21. The van der Waals surface area contributed by atoms with E-state index in [1.165, 1.54) is 11.3 Å². The van der Waals surface area contributed by atoms with E-state index in [4.69, 9.17) is 5.73 Å². The van der Waals surface area contributed by atoms with Crippen LogP contribution in [0.3, 0.4) is 0 Å². The summed E-state index contributed by atoms with van der Waals surface area (Å²) in [7, 11) is 2.14. The molecule has 2 aromatic rings. The second-order valence-corrected chi connectivity index (χ2v) is 4.61. The zero-order valence-electron chi connectivity index (χ0n) is 9.93. The summed E-state index contributed by atoms with van der Waals surface area (Å²) in [5.74, 6) is 0. The molecule has 1 aliphatic rings. The van der Waals surface area contributed by atoms with E-state index in [1.54, 1.807) is 0 Å². The predicted octanol–water partition coefficient (Wildman–Crippen LogP) is 1.44. The molecule has 4 heteroatoms. The Labute approximate surface area is 101 Å². The predicted molar refractivity (Wildman–Crippen MR) is 68.0 cm³/mol. The van der Waals surface area contributed by atoms with Crippen molar-refractivity contribution in [3.8, 4) is 5.69 Å². The summed E-state index contributed by atoms with van der Waals surface area (Å²) in [5, 5.41) is 4.48. The van der Waals surface area contributed by atoms with Crippen molar-refractivity contribution < 1.29 is 0 Å². The number of nitrogens with zero attached hydrogens (tertiary/aromatic N) is 3. The molecule has 0 saturated carbocycles. The largest absolute Gasteiger partial charge is 0.399 e. The van der Waals surface area contributed by atoms with E-state index in [2.05, 4.69) is 17.0 Å². The van der Waals surface area contributed by atoms with Crippen molar-refractivity contribution in [1.29, 1.82) is 0 Å². The van der Waals surface area contributed by atoms with Gasteiger partial charge in [0.25, 0.3) is 0 Å². The van der Waals surface area contributed by atoms with Crippen molar-refractivity contribution in [2.24, 2.45) is 0 Å². The fraction of sp³-hybridized carbons (Fsp3) is 0.308. The molecule has 17 heavy (non-hydrogen) atoms. The first-order chi connectivity index (χ1) is 8.24. The maximum absolute atomic E-state index is 5.82. The van der Waals surface area contributed by atoms with E-state index in [0.29, 0.717) is 0 Å². The van der Waals surface area contributed by atoms with Gasteiger partial charge < -0.3 is 10.6 Å². The molecule has 0 radical (unpaired) electrons. The Kier molecular flexibility index (Phi) is 2.37. The van der Waals surface area contributed by atoms with Crippen LogP contribution in [0.4, 0.5) is 5.69 Å². The summed E-state index contributed by atoms with van der Waals surface area (Å²) in [6.07, 6.45) is 3.06. The van der Waals surface area contributed by atoms with E-state index in [-0.39, 0.29) is 0 Å². The number of nitrogens with two attached hydrogens (primary N) is 1. The van der Waals surface area contributed by atoms with Crippen molar-refractivity contribution in [1.82, 2.24) is 14.7 Å². The Bertz CT molecular complexity index is 544. The third-order valence-electron chi connectivity index (χ3n) is 3.25.